The molecule has 2 amide bonds. The molecule has 0 spiro atoms. The summed E-state index contributed by atoms with van der Waals surface area (Å²) >= 11 is 0. The van der Waals surface area contributed by atoms with Gasteiger partial charge in [0.15, 0.2) is 6.04 Å². The summed E-state index contributed by atoms with van der Waals surface area (Å²) in [5.74, 6) is -0.998. The van der Waals surface area contributed by atoms with Crippen LogP contribution in [0.1, 0.15) is 40.5 Å². The lowest BCUT2D eigenvalue weighted by Crippen LogP contribution is -2.51. The predicted octanol–water partition coefficient (Wildman–Crippen LogP) is 1.19. The number of carbonyl (C=O) groups is 2. The minimum Gasteiger partial charge on any atom is -0.341 e. The van der Waals surface area contributed by atoms with Crippen molar-refractivity contribution in [2.75, 3.05) is 13.1 Å². The minimum absolute atomic E-state index is 0.337. The maximum absolute atomic E-state index is 12.2. The Hall–Kier alpha value is -2.08. The van der Waals surface area contributed by atoms with E-state index < -0.39 is 23.3 Å². The van der Waals surface area contributed by atoms with Crippen molar-refractivity contribution in [1.82, 2.24) is 10.2 Å². The number of amides is 2. The van der Waals surface area contributed by atoms with Gasteiger partial charge in [-0.2, -0.15) is 10.5 Å². The fourth-order valence-corrected chi connectivity index (χ4v) is 1.92. The number of hydrogen-bond acceptors (Lipinski definition) is 4. The molecule has 0 saturated carbocycles. The van der Waals surface area contributed by atoms with Crippen molar-refractivity contribution in [1.29, 1.82) is 10.5 Å². The van der Waals surface area contributed by atoms with Crippen molar-refractivity contribution < 1.29 is 9.59 Å². The molecule has 0 aromatic heterocycles. The van der Waals surface area contributed by atoms with E-state index in [1.54, 1.807) is 33.8 Å². The highest BCUT2D eigenvalue weighted by Crippen LogP contribution is 2.25. The molecule has 1 unspecified atom stereocenters. The lowest BCUT2D eigenvalue weighted by Gasteiger charge is -2.26. The topological polar surface area (TPSA) is 97.0 Å². The van der Waals surface area contributed by atoms with E-state index in [0.717, 1.165) is 0 Å². The molecule has 20 heavy (non-hydrogen) atoms. The maximum Gasteiger partial charge on any atom is 0.259 e. The Balaban J connectivity index is 5.09. The molecule has 0 rings (SSSR count). The molecule has 1 atom stereocenters. The molecule has 110 valence electrons. The Bertz CT molecular complexity index is 425. The quantitative estimate of drug-likeness (QED) is 0.756. The smallest absolute Gasteiger partial charge is 0.259 e. The molecule has 0 aliphatic rings. The monoisotopic (exact) mass is 278 g/mol. The Kier molecular flexibility index (Phi) is 7.31. The van der Waals surface area contributed by atoms with E-state index in [2.05, 4.69) is 5.32 Å². The van der Waals surface area contributed by atoms with E-state index in [-0.39, 0.29) is 0 Å². The third kappa shape index (κ3) is 3.71. The van der Waals surface area contributed by atoms with Crippen LogP contribution in [-0.2, 0) is 9.59 Å². The van der Waals surface area contributed by atoms with Crippen LogP contribution in [0.5, 0.6) is 0 Å². The van der Waals surface area contributed by atoms with Gasteiger partial charge in [0, 0.05) is 13.1 Å². The molecule has 0 saturated heterocycles. The average Bonchev–Trinajstić information content (AvgIpc) is 2.48. The molecule has 0 aromatic rings. The molecule has 0 radical (unpaired) electrons. The van der Waals surface area contributed by atoms with Gasteiger partial charge in [0.1, 0.15) is 5.41 Å². The Morgan fingerprint density at radius 2 is 1.65 bits per heavy atom. The van der Waals surface area contributed by atoms with Gasteiger partial charge in [0.2, 0.25) is 5.91 Å². The number of nitrogens with zero attached hydrogens (tertiary/aromatic N) is 3. The summed E-state index contributed by atoms with van der Waals surface area (Å²) < 4.78 is 0. The van der Waals surface area contributed by atoms with Crippen molar-refractivity contribution in [3.05, 3.63) is 0 Å². The average molecular weight is 278 g/mol. The van der Waals surface area contributed by atoms with Crippen LogP contribution in [0, 0.1) is 28.1 Å². The second kappa shape index (κ2) is 8.16. The molecule has 6 heteroatoms. The highest BCUT2D eigenvalue weighted by atomic mass is 16.2. The molecule has 1 N–H and O–H groups in total. The van der Waals surface area contributed by atoms with E-state index in [0.29, 0.717) is 25.9 Å². The molecule has 0 aliphatic carbocycles. The lowest BCUT2D eigenvalue weighted by molar-refractivity contribution is -0.137. The van der Waals surface area contributed by atoms with Gasteiger partial charge in [0.05, 0.1) is 12.1 Å². The van der Waals surface area contributed by atoms with E-state index in [9.17, 15) is 14.9 Å². The first-order valence-electron chi connectivity index (χ1n) is 6.86. The molecule has 0 aromatic carbocycles. The number of nitriles is 2. The van der Waals surface area contributed by atoms with Crippen LogP contribution < -0.4 is 5.32 Å². The molecule has 6 nitrogen and oxygen atoms in total. The lowest BCUT2D eigenvalue weighted by atomic mass is 9.83. The van der Waals surface area contributed by atoms with Crippen LogP contribution >= 0.6 is 0 Å². The van der Waals surface area contributed by atoms with Gasteiger partial charge in [-0.25, -0.2) is 0 Å². The van der Waals surface area contributed by atoms with Crippen LogP contribution in [0.25, 0.3) is 0 Å². The summed E-state index contributed by atoms with van der Waals surface area (Å²) in [6.07, 6.45) is 0.673. The number of hydrogen-bond donors (Lipinski definition) is 1. The number of nitrogens with one attached hydrogen (secondary N) is 1. The Morgan fingerprint density at radius 1 is 1.15 bits per heavy atom. The Morgan fingerprint density at radius 3 is 1.95 bits per heavy atom. The molecule has 0 aliphatic heterocycles. The van der Waals surface area contributed by atoms with Gasteiger partial charge in [-0.3, -0.25) is 9.59 Å². The van der Waals surface area contributed by atoms with E-state index >= 15 is 0 Å². The van der Waals surface area contributed by atoms with Gasteiger partial charge in [-0.15, -0.1) is 0 Å². The highest BCUT2D eigenvalue weighted by Gasteiger charge is 2.37. The summed E-state index contributed by atoms with van der Waals surface area (Å²) in [4.78, 5) is 25.7. The summed E-state index contributed by atoms with van der Waals surface area (Å²) in [7, 11) is 0. The Labute approximate surface area is 120 Å². The van der Waals surface area contributed by atoms with E-state index in [1.165, 1.54) is 4.90 Å². The number of likely N-dealkylation sites (N-methyl/N-ethyl adjacent to an activating group) is 1. The second-order valence-electron chi connectivity index (χ2n) is 4.45. The fraction of sp³-hybridized carbons (Fsp3) is 0.714. The largest absolute Gasteiger partial charge is 0.341 e. The van der Waals surface area contributed by atoms with Crippen molar-refractivity contribution in [3.63, 3.8) is 0 Å². The summed E-state index contributed by atoms with van der Waals surface area (Å²) in [5, 5.41) is 20.7. The van der Waals surface area contributed by atoms with E-state index in [1.807, 2.05) is 6.07 Å². The van der Waals surface area contributed by atoms with Crippen LogP contribution in [0.3, 0.4) is 0 Å². The number of carbonyl (C=O) groups excluding carboxylic acids is 2. The van der Waals surface area contributed by atoms with Crippen LogP contribution in [0.15, 0.2) is 0 Å². The third-order valence-electron chi connectivity index (χ3n) is 3.58. The summed E-state index contributed by atoms with van der Waals surface area (Å²) in [6.45, 7) is 8.01. The standard InChI is InChI=1S/C14H22N4O2/c1-5-14(6-2,10-16)13(20)17-11(9-15)12(19)18(7-3)8-4/h11H,5-8H2,1-4H3,(H,17,20). The van der Waals surface area contributed by atoms with Crippen molar-refractivity contribution >= 4 is 11.8 Å². The van der Waals surface area contributed by atoms with Gasteiger partial charge in [-0.1, -0.05) is 13.8 Å². The second-order valence-corrected chi connectivity index (χ2v) is 4.45. The van der Waals surface area contributed by atoms with Gasteiger partial charge < -0.3 is 10.2 Å². The van der Waals surface area contributed by atoms with E-state index in [4.69, 9.17) is 5.26 Å². The normalized spacial score (nSPS) is 11.9. The minimum atomic E-state index is -1.24. The maximum atomic E-state index is 12.2. The zero-order chi connectivity index (χ0) is 15.8. The molecular weight excluding hydrogens is 256 g/mol. The van der Waals surface area contributed by atoms with Crippen molar-refractivity contribution in [3.8, 4) is 12.1 Å². The predicted molar refractivity (Wildman–Crippen MR) is 74.1 cm³/mol. The SMILES string of the molecule is CCN(CC)C(=O)C(C#N)NC(=O)C(C#N)(CC)CC. The van der Waals surface area contributed by atoms with Crippen LogP contribution in [0.2, 0.25) is 0 Å². The van der Waals surface area contributed by atoms with Crippen LogP contribution in [-0.4, -0.2) is 35.8 Å². The van der Waals surface area contributed by atoms with Crippen LogP contribution in [0.4, 0.5) is 0 Å². The van der Waals surface area contributed by atoms with Gasteiger partial charge in [-0.05, 0) is 26.7 Å². The van der Waals surface area contributed by atoms with Gasteiger partial charge >= 0.3 is 0 Å². The first kappa shape index (κ1) is 17.9. The van der Waals surface area contributed by atoms with Gasteiger partial charge in [0.25, 0.3) is 5.91 Å². The summed E-state index contributed by atoms with van der Waals surface area (Å²) in [6, 6.07) is 2.55. The molecule has 0 bridgehead atoms. The number of rotatable bonds is 7. The molecular formula is C14H22N4O2. The van der Waals surface area contributed by atoms with Crippen molar-refractivity contribution in [2.45, 2.75) is 46.6 Å². The zero-order valence-electron chi connectivity index (χ0n) is 12.6. The first-order chi connectivity index (χ1) is 9.45. The first-order valence-corrected chi connectivity index (χ1v) is 6.86. The zero-order valence-corrected chi connectivity index (χ0v) is 12.6. The third-order valence-corrected chi connectivity index (χ3v) is 3.58. The highest BCUT2D eigenvalue weighted by molar-refractivity contribution is 5.93. The summed E-state index contributed by atoms with van der Waals surface area (Å²) in [5.41, 5.74) is -1.18. The molecule has 0 heterocycles. The fourth-order valence-electron chi connectivity index (χ4n) is 1.92. The van der Waals surface area contributed by atoms with Crippen molar-refractivity contribution in [2.24, 2.45) is 5.41 Å². The molecule has 0 fully saturated rings.